The molecular weight excluding hydrogens is 206 g/mol. The van der Waals surface area contributed by atoms with E-state index >= 15 is 0 Å². The molecule has 0 aliphatic rings. The van der Waals surface area contributed by atoms with Gasteiger partial charge in [-0.15, -0.1) is 0 Å². The Labute approximate surface area is 96.2 Å². The van der Waals surface area contributed by atoms with E-state index in [9.17, 15) is 0 Å². The van der Waals surface area contributed by atoms with E-state index < -0.39 is 0 Å². The van der Waals surface area contributed by atoms with Gasteiger partial charge in [0, 0.05) is 25.4 Å². The van der Waals surface area contributed by atoms with Crippen molar-refractivity contribution in [2.24, 2.45) is 0 Å². The predicted molar refractivity (Wildman–Crippen MR) is 62.8 cm³/mol. The van der Waals surface area contributed by atoms with Crippen LogP contribution in [0.1, 0.15) is 19.8 Å². The summed E-state index contributed by atoms with van der Waals surface area (Å²) in [6, 6.07) is 1.71. The summed E-state index contributed by atoms with van der Waals surface area (Å²) in [7, 11) is 1.58. The number of methoxy groups -OCH3 is 1. The van der Waals surface area contributed by atoms with Crippen molar-refractivity contribution in [3.05, 3.63) is 12.3 Å². The molecule has 0 amide bonds. The van der Waals surface area contributed by atoms with E-state index in [-0.39, 0.29) is 0 Å². The third-order valence-corrected chi connectivity index (χ3v) is 2.01. The maximum atomic E-state index is 5.40. The first-order valence-electron chi connectivity index (χ1n) is 5.55. The standard InChI is InChI=1S/C11H19N3O2/c1-3-4-8-16-9-7-13-11-12-6-5-10(14-11)15-2/h5-6H,3-4,7-9H2,1-2H3,(H,12,13,14). The topological polar surface area (TPSA) is 56.3 Å². The summed E-state index contributed by atoms with van der Waals surface area (Å²) in [5.74, 6) is 1.13. The van der Waals surface area contributed by atoms with Crippen molar-refractivity contribution in [1.82, 2.24) is 9.97 Å². The molecule has 16 heavy (non-hydrogen) atoms. The van der Waals surface area contributed by atoms with Gasteiger partial charge >= 0.3 is 0 Å². The van der Waals surface area contributed by atoms with Crippen LogP contribution in [0.15, 0.2) is 12.3 Å². The molecule has 1 N–H and O–H groups in total. The van der Waals surface area contributed by atoms with E-state index in [0.29, 0.717) is 25.0 Å². The van der Waals surface area contributed by atoms with Crippen LogP contribution >= 0.6 is 0 Å². The predicted octanol–water partition coefficient (Wildman–Crippen LogP) is 1.71. The van der Waals surface area contributed by atoms with Gasteiger partial charge in [-0.1, -0.05) is 13.3 Å². The molecule has 0 unspecified atom stereocenters. The Morgan fingerprint density at radius 3 is 3.00 bits per heavy atom. The van der Waals surface area contributed by atoms with Crippen molar-refractivity contribution in [1.29, 1.82) is 0 Å². The maximum Gasteiger partial charge on any atom is 0.226 e. The van der Waals surface area contributed by atoms with Crippen molar-refractivity contribution in [2.75, 3.05) is 32.2 Å². The maximum absolute atomic E-state index is 5.40. The molecule has 5 heteroatoms. The lowest BCUT2D eigenvalue weighted by molar-refractivity contribution is 0.141. The Hall–Kier alpha value is -1.36. The molecular formula is C11H19N3O2. The van der Waals surface area contributed by atoms with E-state index in [0.717, 1.165) is 19.4 Å². The van der Waals surface area contributed by atoms with Gasteiger partial charge in [0.15, 0.2) is 0 Å². The molecule has 0 bridgehead atoms. The minimum absolute atomic E-state index is 0.560. The second-order valence-electron chi connectivity index (χ2n) is 3.32. The van der Waals surface area contributed by atoms with Gasteiger partial charge in [0.2, 0.25) is 11.8 Å². The number of rotatable bonds is 8. The van der Waals surface area contributed by atoms with Crippen molar-refractivity contribution < 1.29 is 9.47 Å². The molecule has 0 atom stereocenters. The van der Waals surface area contributed by atoms with Gasteiger partial charge < -0.3 is 14.8 Å². The summed E-state index contributed by atoms with van der Waals surface area (Å²) in [5, 5.41) is 3.07. The number of hydrogen-bond acceptors (Lipinski definition) is 5. The van der Waals surface area contributed by atoms with E-state index in [1.165, 1.54) is 0 Å². The number of hydrogen-bond donors (Lipinski definition) is 1. The minimum Gasteiger partial charge on any atom is -0.481 e. The lowest BCUT2D eigenvalue weighted by Gasteiger charge is -2.06. The van der Waals surface area contributed by atoms with Crippen LogP contribution < -0.4 is 10.1 Å². The van der Waals surface area contributed by atoms with E-state index in [1.54, 1.807) is 19.4 Å². The minimum atomic E-state index is 0.560. The Morgan fingerprint density at radius 1 is 1.38 bits per heavy atom. The monoisotopic (exact) mass is 225 g/mol. The van der Waals surface area contributed by atoms with Crippen molar-refractivity contribution in [3.63, 3.8) is 0 Å². The molecule has 0 saturated carbocycles. The summed E-state index contributed by atoms with van der Waals surface area (Å²) < 4.78 is 10.4. The highest BCUT2D eigenvalue weighted by Crippen LogP contribution is 2.06. The van der Waals surface area contributed by atoms with Gasteiger partial charge in [-0.05, 0) is 6.42 Å². The summed E-state index contributed by atoms with van der Waals surface area (Å²) in [6.45, 7) is 4.33. The van der Waals surface area contributed by atoms with Crippen LogP contribution in [0.5, 0.6) is 5.88 Å². The molecule has 0 radical (unpaired) electrons. The molecule has 0 saturated heterocycles. The van der Waals surface area contributed by atoms with Gasteiger partial charge in [-0.2, -0.15) is 4.98 Å². The van der Waals surface area contributed by atoms with Gasteiger partial charge in [-0.25, -0.2) is 4.98 Å². The fraction of sp³-hybridized carbons (Fsp3) is 0.636. The average Bonchev–Trinajstić information content (AvgIpc) is 2.34. The highest BCUT2D eigenvalue weighted by atomic mass is 16.5. The van der Waals surface area contributed by atoms with Crippen molar-refractivity contribution >= 4 is 5.95 Å². The molecule has 1 heterocycles. The van der Waals surface area contributed by atoms with E-state index in [4.69, 9.17) is 9.47 Å². The molecule has 0 fully saturated rings. The number of ether oxygens (including phenoxy) is 2. The van der Waals surface area contributed by atoms with Crippen molar-refractivity contribution in [2.45, 2.75) is 19.8 Å². The lowest BCUT2D eigenvalue weighted by atomic mass is 10.4. The zero-order chi connectivity index (χ0) is 11.6. The quantitative estimate of drug-likeness (QED) is 0.683. The highest BCUT2D eigenvalue weighted by Gasteiger charge is 1.97. The number of aromatic nitrogens is 2. The molecule has 0 aliphatic carbocycles. The normalized spacial score (nSPS) is 10.1. The number of nitrogens with zero attached hydrogens (tertiary/aromatic N) is 2. The lowest BCUT2D eigenvalue weighted by Crippen LogP contribution is -2.12. The summed E-state index contributed by atoms with van der Waals surface area (Å²) in [5.41, 5.74) is 0. The van der Waals surface area contributed by atoms with Gasteiger partial charge in [0.05, 0.1) is 13.7 Å². The Morgan fingerprint density at radius 2 is 2.25 bits per heavy atom. The third-order valence-electron chi connectivity index (χ3n) is 2.01. The van der Waals surface area contributed by atoms with Crippen LogP contribution in [0.25, 0.3) is 0 Å². The molecule has 1 rings (SSSR count). The summed E-state index contributed by atoms with van der Waals surface area (Å²) in [6.07, 6.45) is 3.92. The highest BCUT2D eigenvalue weighted by molar-refractivity contribution is 5.26. The Bertz CT molecular complexity index is 294. The second kappa shape index (κ2) is 7.87. The largest absolute Gasteiger partial charge is 0.481 e. The third kappa shape index (κ3) is 4.93. The summed E-state index contributed by atoms with van der Waals surface area (Å²) >= 11 is 0. The van der Waals surface area contributed by atoms with Crippen LogP contribution in [0, 0.1) is 0 Å². The summed E-state index contributed by atoms with van der Waals surface area (Å²) in [4.78, 5) is 8.19. The van der Waals surface area contributed by atoms with Crippen molar-refractivity contribution in [3.8, 4) is 5.88 Å². The first kappa shape index (κ1) is 12.7. The molecule has 0 aromatic carbocycles. The fourth-order valence-electron chi connectivity index (χ4n) is 1.12. The molecule has 0 spiro atoms. The van der Waals surface area contributed by atoms with Crippen LogP contribution in [0.2, 0.25) is 0 Å². The average molecular weight is 225 g/mol. The molecule has 1 aromatic rings. The van der Waals surface area contributed by atoms with Gasteiger partial charge in [0.1, 0.15) is 0 Å². The molecule has 0 aliphatic heterocycles. The number of nitrogens with one attached hydrogen (secondary N) is 1. The van der Waals surface area contributed by atoms with Crippen LogP contribution in [-0.4, -0.2) is 36.8 Å². The number of anilines is 1. The van der Waals surface area contributed by atoms with E-state index in [2.05, 4.69) is 22.2 Å². The van der Waals surface area contributed by atoms with Crippen LogP contribution in [-0.2, 0) is 4.74 Å². The Balaban J connectivity index is 2.16. The van der Waals surface area contributed by atoms with Crippen LogP contribution in [0.3, 0.4) is 0 Å². The molecule has 90 valence electrons. The van der Waals surface area contributed by atoms with Gasteiger partial charge in [-0.3, -0.25) is 0 Å². The smallest absolute Gasteiger partial charge is 0.226 e. The first-order valence-corrected chi connectivity index (χ1v) is 5.55. The fourth-order valence-corrected chi connectivity index (χ4v) is 1.12. The zero-order valence-electron chi connectivity index (χ0n) is 9.90. The Kier molecular flexibility index (Phi) is 6.25. The van der Waals surface area contributed by atoms with E-state index in [1.807, 2.05) is 0 Å². The molecule has 1 aromatic heterocycles. The zero-order valence-corrected chi connectivity index (χ0v) is 9.90. The first-order chi connectivity index (χ1) is 7.86. The SMILES string of the molecule is CCCCOCCNc1nccc(OC)n1. The number of unbranched alkanes of at least 4 members (excludes halogenated alkanes) is 1. The second-order valence-corrected chi connectivity index (χ2v) is 3.32. The van der Waals surface area contributed by atoms with Crippen LogP contribution in [0.4, 0.5) is 5.95 Å². The molecule has 5 nitrogen and oxygen atoms in total. The van der Waals surface area contributed by atoms with Gasteiger partial charge in [0.25, 0.3) is 0 Å².